The summed E-state index contributed by atoms with van der Waals surface area (Å²) in [6.07, 6.45) is -13.2. The van der Waals surface area contributed by atoms with Gasteiger partial charge in [0.1, 0.15) is 60.3 Å². The van der Waals surface area contributed by atoms with Crippen molar-refractivity contribution in [1.82, 2.24) is 0 Å². The van der Waals surface area contributed by atoms with Crippen LogP contribution in [0.25, 0.3) is 10.8 Å². The first-order chi connectivity index (χ1) is 24.4. The monoisotopic (exact) mass is 708 g/mol. The SMILES string of the molecule is CC(C)=C[C@H](C1=CC(=O)c2ccccc2C1=O)c1cc(O[C@@H]2O[C@H](CO)[C@@H](O)[C@H](O)[C@H]2O)c2ccccc2c1O[C@@H]1O[C@H](CO)[C@@H](O)[C@H](O)[C@H]1O. The van der Waals surface area contributed by atoms with Crippen LogP contribution >= 0.6 is 0 Å². The molecule has 0 spiro atoms. The molecule has 3 aromatic carbocycles. The minimum atomic E-state index is -1.80. The molecule has 51 heavy (non-hydrogen) atoms. The number of allylic oxidation sites excluding steroid dienone is 4. The van der Waals surface area contributed by atoms with Gasteiger partial charge in [-0.25, -0.2) is 0 Å². The fourth-order valence-electron chi connectivity index (χ4n) is 6.61. The Morgan fingerprint density at radius 1 is 0.725 bits per heavy atom. The Balaban J connectivity index is 1.56. The van der Waals surface area contributed by atoms with Crippen molar-refractivity contribution in [3.05, 3.63) is 94.6 Å². The molecule has 0 bridgehead atoms. The smallest absolute Gasteiger partial charge is 0.229 e. The summed E-state index contributed by atoms with van der Waals surface area (Å²) in [5.74, 6) is -1.84. The van der Waals surface area contributed by atoms with Crippen LogP contribution in [0, 0.1) is 0 Å². The molecular formula is C37H40O14. The van der Waals surface area contributed by atoms with Crippen LogP contribution < -0.4 is 9.47 Å². The molecule has 8 N–H and O–H groups in total. The number of rotatable bonds is 9. The van der Waals surface area contributed by atoms with Crippen LogP contribution in [0.1, 0.15) is 46.0 Å². The summed E-state index contributed by atoms with van der Waals surface area (Å²) >= 11 is 0. The number of ketones is 2. The lowest BCUT2D eigenvalue weighted by Gasteiger charge is -2.40. The predicted molar refractivity (Wildman–Crippen MR) is 178 cm³/mol. The molecule has 272 valence electrons. The number of carbonyl (C=O) groups excluding carboxylic acids is 2. The molecule has 2 fully saturated rings. The summed E-state index contributed by atoms with van der Waals surface area (Å²) < 4.78 is 23.8. The highest BCUT2D eigenvalue weighted by atomic mass is 16.7. The largest absolute Gasteiger partial charge is 0.461 e. The number of aliphatic hydroxyl groups excluding tert-OH is 8. The van der Waals surface area contributed by atoms with Crippen LogP contribution in [-0.4, -0.2) is 127 Å². The van der Waals surface area contributed by atoms with E-state index in [1.165, 1.54) is 12.1 Å². The van der Waals surface area contributed by atoms with E-state index >= 15 is 0 Å². The average molecular weight is 709 g/mol. The first-order valence-electron chi connectivity index (χ1n) is 16.4. The molecule has 0 unspecified atom stereocenters. The molecular weight excluding hydrogens is 668 g/mol. The van der Waals surface area contributed by atoms with Crippen LogP contribution in [0.3, 0.4) is 0 Å². The van der Waals surface area contributed by atoms with Crippen LogP contribution in [-0.2, 0) is 9.47 Å². The Morgan fingerprint density at radius 2 is 1.25 bits per heavy atom. The molecule has 0 amide bonds. The number of ether oxygens (including phenoxy) is 4. The van der Waals surface area contributed by atoms with Gasteiger partial charge in [0.05, 0.1) is 13.2 Å². The molecule has 11 atom stereocenters. The topological polar surface area (TPSA) is 233 Å². The predicted octanol–water partition coefficient (Wildman–Crippen LogP) is 0.253. The molecule has 14 nitrogen and oxygen atoms in total. The highest BCUT2D eigenvalue weighted by molar-refractivity contribution is 6.25. The van der Waals surface area contributed by atoms with Crippen molar-refractivity contribution in [2.45, 2.75) is 81.2 Å². The maximum absolute atomic E-state index is 14.1. The lowest BCUT2D eigenvalue weighted by atomic mass is 9.79. The number of Topliss-reactive ketones (excluding diaryl/α,β-unsaturated/α-hetero) is 1. The molecule has 0 radical (unpaired) electrons. The second-order valence-electron chi connectivity index (χ2n) is 13.0. The third-order valence-electron chi connectivity index (χ3n) is 9.32. The van der Waals surface area contributed by atoms with Crippen molar-refractivity contribution in [3.63, 3.8) is 0 Å². The number of carbonyl (C=O) groups is 2. The summed E-state index contributed by atoms with van der Waals surface area (Å²) in [6.45, 7) is 2.15. The normalized spacial score (nSPS) is 31.5. The van der Waals surface area contributed by atoms with E-state index in [0.717, 1.165) is 5.57 Å². The average Bonchev–Trinajstić information content (AvgIpc) is 3.13. The maximum Gasteiger partial charge on any atom is 0.229 e. The van der Waals surface area contributed by atoms with E-state index in [1.54, 1.807) is 68.5 Å². The number of hydrogen-bond donors (Lipinski definition) is 8. The van der Waals surface area contributed by atoms with Crippen molar-refractivity contribution in [2.24, 2.45) is 0 Å². The van der Waals surface area contributed by atoms with Crippen LogP contribution in [0.4, 0.5) is 0 Å². The molecule has 6 rings (SSSR count). The van der Waals surface area contributed by atoms with Gasteiger partial charge in [-0.1, -0.05) is 60.2 Å². The van der Waals surface area contributed by atoms with Crippen molar-refractivity contribution in [3.8, 4) is 11.5 Å². The van der Waals surface area contributed by atoms with Crippen LogP contribution in [0.5, 0.6) is 11.5 Å². The Morgan fingerprint density at radius 3 is 1.82 bits per heavy atom. The van der Waals surface area contributed by atoms with Gasteiger partial charge in [0, 0.05) is 39.0 Å². The molecule has 2 heterocycles. The zero-order valence-electron chi connectivity index (χ0n) is 27.6. The number of benzene rings is 3. The quantitative estimate of drug-likeness (QED) is 0.139. The van der Waals surface area contributed by atoms with Crippen molar-refractivity contribution in [2.75, 3.05) is 13.2 Å². The molecule has 0 saturated carbocycles. The Bertz CT molecular complexity index is 1850. The highest BCUT2D eigenvalue weighted by Gasteiger charge is 2.47. The third kappa shape index (κ3) is 6.83. The molecule has 3 aromatic rings. The van der Waals surface area contributed by atoms with Gasteiger partial charge in [-0.05, 0) is 26.0 Å². The van der Waals surface area contributed by atoms with E-state index in [9.17, 15) is 50.4 Å². The second kappa shape index (κ2) is 14.9. The first-order valence-corrected chi connectivity index (χ1v) is 16.4. The minimum Gasteiger partial charge on any atom is -0.461 e. The number of aliphatic hydroxyl groups is 8. The van der Waals surface area contributed by atoms with Gasteiger partial charge in [0.15, 0.2) is 11.6 Å². The first kappa shape index (κ1) is 36.7. The van der Waals surface area contributed by atoms with Crippen molar-refractivity contribution >= 4 is 22.3 Å². The van der Waals surface area contributed by atoms with Crippen molar-refractivity contribution in [1.29, 1.82) is 0 Å². The fourth-order valence-corrected chi connectivity index (χ4v) is 6.61. The molecule has 2 aliphatic heterocycles. The second-order valence-corrected chi connectivity index (χ2v) is 13.0. The fraction of sp³-hybridized carbons (Fsp3) is 0.405. The van der Waals surface area contributed by atoms with Gasteiger partial charge < -0.3 is 59.8 Å². The van der Waals surface area contributed by atoms with Crippen LogP contribution in [0.15, 0.2) is 77.9 Å². The van der Waals surface area contributed by atoms with Gasteiger partial charge in [-0.15, -0.1) is 0 Å². The van der Waals surface area contributed by atoms with E-state index in [4.69, 9.17) is 18.9 Å². The Kier molecular flexibility index (Phi) is 10.7. The standard InChI is InChI=1S/C37H40O14/c1-16(2)11-21(22-12-24(40)17-7-3-5-9-19(17)28(22)41)23-13-25(48-36-33(46)31(44)29(42)26(14-38)49-36)18-8-4-6-10-20(18)35(23)51-37-34(47)32(45)30(43)27(15-39)50-37/h3-13,21,26-27,29-34,36-39,42-47H,14-15H2,1-2H3/t21-,26-,27-,29-,30-,31+,32+,33-,34-,36-,37+/m1/s1. The molecule has 1 aliphatic carbocycles. The van der Waals surface area contributed by atoms with Gasteiger partial charge in [-0.2, -0.15) is 0 Å². The van der Waals surface area contributed by atoms with Gasteiger partial charge >= 0.3 is 0 Å². The summed E-state index contributed by atoms with van der Waals surface area (Å²) in [5.41, 5.74) is 1.39. The minimum absolute atomic E-state index is 0.0126. The molecule has 0 aromatic heterocycles. The summed E-state index contributed by atoms with van der Waals surface area (Å²) in [7, 11) is 0. The summed E-state index contributed by atoms with van der Waals surface area (Å²) in [4.78, 5) is 27.5. The van der Waals surface area contributed by atoms with Gasteiger partial charge in [0.25, 0.3) is 0 Å². The molecule has 14 heteroatoms. The lowest BCUT2D eigenvalue weighted by Crippen LogP contribution is -2.60. The molecule has 2 saturated heterocycles. The summed E-state index contributed by atoms with van der Waals surface area (Å²) in [6, 6.07) is 14.4. The summed E-state index contributed by atoms with van der Waals surface area (Å²) in [5, 5.41) is 83.8. The van der Waals surface area contributed by atoms with E-state index in [-0.39, 0.29) is 33.8 Å². The van der Waals surface area contributed by atoms with Gasteiger partial charge in [0.2, 0.25) is 12.6 Å². The zero-order valence-corrected chi connectivity index (χ0v) is 27.6. The number of hydrogen-bond acceptors (Lipinski definition) is 14. The Hall–Kier alpha value is -4.06. The van der Waals surface area contributed by atoms with E-state index in [2.05, 4.69) is 0 Å². The van der Waals surface area contributed by atoms with E-state index < -0.39 is 92.1 Å². The van der Waals surface area contributed by atoms with E-state index in [1.807, 2.05) is 0 Å². The Labute approximate surface area is 292 Å². The van der Waals surface area contributed by atoms with E-state index in [0.29, 0.717) is 10.8 Å². The lowest BCUT2D eigenvalue weighted by molar-refractivity contribution is -0.277. The van der Waals surface area contributed by atoms with Crippen LogP contribution in [0.2, 0.25) is 0 Å². The van der Waals surface area contributed by atoms with Crippen molar-refractivity contribution < 1.29 is 69.4 Å². The third-order valence-corrected chi connectivity index (χ3v) is 9.32. The molecule has 3 aliphatic rings. The zero-order chi connectivity index (χ0) is 36.7. The number of fused-ring (bicyclic) bond motifs is 2. The highest BCUT2D eigenvalue weighted by Crippen LogP contribution is 2.46. The maximum atomic E-state index is 14.1. The van der Waals surface area contributed by atoms with Gasteiger partial charge in [-0.3, -0.25) is 9.59 Å².